The van der Waals surface area contributed by atoms with E-state index in [1.54, 1.807) is 23.5 Å². The van der Waals surface area contributed by atoms with Crippen molar-refractivity contribution in [3.8, 4) is 0 Å². The number of rotatable bonds is 7. The van der Waals surface area contributed by atoms with E-state index in [1.807, 2.05) is 6.07 Å². The first-order chi connectivity index (χ1) is 9.76. The summed E-state index contributed by atoms with van der Waals surface area (Å²) < 4.78 is 14.4. The average molecular weight is 291 g/mol. The summed E-state index contributed by atoms with van der Waals surface area (Å²) >= 11 is 1.74. The summed E-state index contributed by atoms with van der Waals surface area (Å²) in [5.74, 6) is 0.828. The van der Waals surface area contributed by atoms with E-state index in [2.05, 4.69) is 18.3 Å². The van der Waals surface area contributed by atoms with Crippen molar-refractivity contribution in [3.63, 3.8) is 0 Å². The molecular weight excluding hydrogens is 269 g/mol. The molecule has 3 rings (SSSR count). The van der Waals surface area contributed by atoms with Gasteiger partial charge in [0.25, 0.3) is 0 Å². The van der Waals surface area contributed by atoms with Gasteiger partial charge in [-0.1, -0.05) is 25.8 Å². The van der Waals surface area contributed by atoms with Gasteiger partial charge >= 0.3 is 0 Å². The highest BCUT2D eigenvalue weighted by Crippen LogP contribution is 2.38. The monoisotopic (exact) mass is 291 g/mol. The number of fused-ring (bicyclic) bond motifs is 1. The highest BCUT2D eigenvalue weighted by Gasteiger charge is 2.23. The quantitative estimate of drug-likeness (QED) is 0.732. The van der Waals surface area contributed by atoms with Crippen LogP contribution in [0.15, 0.2) is 24.3 Å². The molecule has 1 unspecified atom stereocenters. The van der Waals surface area contributed by atoms with Gasteiger partial charge in [0, 0.05) is 15.6 Å². The summed E-state index contributed by atoms with van der Waals surface area (Å²) in [7, 11) is 0. The summed E-state index contributed by atoms with van der Waals surface area (Å²) in [5.41, 5.74) is 0. The molecule has 0 radical (unpaired) electrons. The van der Waals surface area contributed by atoms with E-state index in [-0.39, 0.29) is 5.82 Å². The molecule has 1 nitrogen and oxygen atoms in total. The van der Waals surface area contributed by atoms with Gasteiger partial charge in [-0.15, -0.1) is 11.3 Å². The van der Waals surface area contributed by atoms with Crippen molar-refractivity contribution in [1.82, 2.24) is 5.32 Å². The molecule has 1 aliphatic carbocycles. The van der Waals surface area contributed by atoms with E-state index in [0.29, 0.717) is 6.04 Å². The summed E-state index contributed by atoms with van der Waals surface area (Å²) in [4.78, 5) is 1.36. The maximum atomic E-state index is 13.3. The van der Waals surface area contributed by atoms with Crippen molar-refractivity contribution in [1.29, 1.82) is 0 Å². The zero-order valence-electron chi connectivity index (χ0n) is 12.0. The lowest BCUT2D eigenvalue weighted by molar-refractivity contribution is 0.476. The molecule has 108 valence electrons. The van der Waals surface area contributed by atoms with Gasteiger partial charge in [-0.3, -0.25) is 0 Å². The molecule has 1 aromatic carbocycles. The van der Waals surface area contributed by atoms with Crippen molar-refractivity contribution >= 4 is 21.4 Å². The minimum absolute atomic E-state index is 0.137. The van der Waals surface area contributed by atoms with Crippen LogP contribution in [0.5, 0.6) is 0 Å². The predicted octanol–water partition coefficient (Wildman–Crippen LogP) is 5.27. The fraction of sp³-hybridized carbons (Fsp3) is 0.529. The maximum Gasteiger partial charge on any atom is 0.124 e. The summed E-state index contributed by atoms with van der Waals surface area (Å²) in [6.45, 7) is 3.25. The lowest BCUT2D eigenvalue weighted by Gasteiger charge is -2.16. The normalized spacial score (nSPS) is 16.7. The topological polar surface area (TPSA) is 12.0 Å². The molecule has 20 heavy (non-hydrogen) atoms. The zero-order chi connectivity index (χ0) is 13.9. The van der Waals surface area contributed by atoms with Crippen LogP contribution in [-0.4, -0.2) is 6.54 Å². The Bertz CT molecular complexity index is 573. The van der Waals surface area contributed by atoms with Gasteiger partial charge in [0.15, 0.2) is 0 Å². The van der Waals surface area contributed by atoms with Gasteiger partial charge in [-0.05, 0) is 55.3 Å². The van der Waals surface area contributed by atoms with Gasteiger partial charge in [-0.2, -0.15) is 0 Å². The molecule has 1 N–H and O–H groups in total. The minimum Gasteiger partial charge on any atom is -0.309 e. The summed E-state index contributed by atoms with van der Waals surface area (Å²) in [5, 5.41) is 4.83. The Labute approximate surface area is 124 Å². The SMILES string of the molecule is CCCNC(CCC1CC1)c1cc2ccc(F)cc2s1. The van der Waals surface area contributed by atoms with Gasteiger partial charge in [-0.25, -0.2) is 4.39 Å². The first-order valence-electron chi connectivity index (χ1n) is 7.68. The number of hydrogen-bond acceptors (Lipinski definition) is 2. The maximum absolute atomic E-state index is 13.3. The fourth-order valence-corrected chi connectivity index (χ4v) is 3.87. The Kier molecular flexibility index (Phi) is 4.37. The second kappa shape index (κ2) is 6.23. The molecule has 0 spiro atoms. The second-order valence-electron chi connectivity index (χ2n) is 5.86. The number of nitrogens with one attached hydrogen (secondary N) is 1. The Morgan fingerprint density at radius 1 is 1.35 bits per heavy atom. The van der Waals surface area contributed by atoms with Crippen molar-refractivity contribution in [2.75, 3.05) is 6.54 Å². The lowest BCUT2D eigenvalue weighted by Crippen LogP contribution is -2.21. The number of halogens is 1. The third kappa shape index (κ3) is 3.39. The van der Waals surface area contributed by atoms with E-state index in [1.165, 1.54) is 35.9 Å². The van der Waals surface area contributed by atoms with Gasteiger partial charge in [0.2, 0.25) is 0 Å². The van der Waals surface area contributed by atoms with Crippen molar-refractivity contribution in [2.45, 2.75) is 45.1 Å². The molecule has 0 aliphatic heterocycles. The molecule has 1 fully saturated rings. The van der Waals surface area contributed by atoms with Crippen molar-refractivity contribution in [3.05, 3.63) is 35.0 Å². The highest BCUT2D eigenvalue weighted by molar-refractivity contribution is 7.19. The van der Waals surface area contributed by atoms with Gasteiger partial charge in [0.05, 0.1) is 0 Å². The van der Waals surface area contributed by atoms with Crippen molar-refractivity contribution in [2.24, 2.45) is 5.92 Å². The average Bonchev–Trinajstić information content (AvgIpc) is 3.17. The molecule has 0 amide bonds. The second-order valence-corrected chi connectivity index (χ2v) is 6.97. The summed E-state index contributed by atoms with van der Waals surface area (Å²) in [6, 6.07) is 7.77. The first kappa shape index (κ1) is 14.0. The highest BCUT2D eigenvalue weighted by atomic mass is 32.1. The van der Waals surface area contributed by atoms with Crippen LogP contribution in [0.25, 0.3) is 10.1 Å². The predicted molar refractivity (Wildman–Crippen MR) is 84.8 cm³/mol. The van der Waals surface area contributed by atoms with Crippen LogP contribution in [0, 0.1) is 11.7 Å². The van der Waals surface area contributed by atoms with Crippen LogP contribution in [0.2, 0.25) is 0 Å². The first-order valence-corrected chi connectivity index (χ1v) is 8.50. The van der Waals surface area contributed by atoms with Crippen molar-refractivity contribution < 1.29 is 4.39 Å². The van der Waals surface area contributed by atoms with Crippen LogP contribution in [-0.2, 0) is 0 Å². The van der Waals surface area contributed by atoms with E-state index in [0.717, 1.165) is 23.6 Å². The van der Waals surface area contributed by atoms with Crippen LogP contribution in [0.4, 0.5) is 4.39 Å². The molecule has 1 aliphatic rings. The number of hydrogen-bond donors (Lipinski definition) is 1. The van der Waals surface area contributed by atoms with E-state index in [9.17, 15) is 4.39 Å². The molecule has 1 atom stereocenters. The smallest absolute Gasteiger partial charge is 0.124 e. The fourth-order valence-electron chi connectivity index (χ4n) is 2.67. The van der Waals surface area contributed by atoms with Gasteiger partial charge < -0.3 is 5.32 Å². The molecule has 3 heteroatoms. The zero-order valence-corrected chi connectivity index (χ0v) is 12.8. The Hall–Kier alpha value is -0.930. The van der Waals surface area contributed by atoms with Crippen LogP contribution >= 0.6 is 11.3 Å². The van der Waals surface area contributed by atoms with E-state index >= 15 is 0 Å². The third-order valence-corrected chi connectivity index (χ3v) is 5.26. The molecule has 1 aromatic heterocycles. The summed E-state index contributed by atoms with van der Waals surface area (Å²) in [6.07, 6.45) is 6.51. The number of thiophene rings is 1. The molecular formula is C17H22FNS. The Morgan fingerprint density at radius 3 is 2.95 bits per heavy atom. The molecule has 1 heterocycles. The molecule has 1 saturated carbocycles. The van der Waals surface area contributed by atoms with E-state index in [4.69, 9.17) is 0 Å². The minimum atomic E-state index is -0.137. The van der Waals surface area contributed by atoms with E-state index < -0.39 is 0 Å². The molecule has 0 saturated heterocycles. The third-order valence-electron chi connectivity index (χ3n) is 4.05. The van der Waals surface area contributed by atoms with Crippen LogP contribution < -0.4 is 5.32 Å². The van der Waals surface area contributed by atoms with Crippen LogP contribution in [0.1, 0.15) is 49.9 Å². The van der Waals surface area contributed by atoms with Gasteiger partial charge in [0.1, 0.15) is 5.82 Å². The standard InChI is InChI=1S/C17H22FNS/c1-2-9-19-15(8-5-12-3-4-12)17-10-13-6-7-14(18)11-16(13)20-17/h6-7,10-12,15,19H,2-5,8-9H2,1H3. The Morgan fingerprint density at radius 2 is 2.20 bits per heavy atom. The Balaban J connectivity index is 1.78. The molecule has 0 bridgehead atoms. The number of benzene rings is 1. The molecule has 2 aromatic rings. The lowest BCUT2D eigenvalue weighted by atomic mass is 10.1. The largest absolute Gasteiger partial charge is 0.309 e. The van der Waals surface area contributed by atoms with Crippen LogP contribution in [0.3, 0.4) is 0 Å².